The van der Waals surface area contributed by atoms with E-state index in [9.17, 15) is 18.0 Å². The number of methoxy groups -OCH3 is 1. The molecule has 1 saturated heterocycles. The van der Waals surface area contributed by atoms with Crippen molar-refractivity contribution in [2.24, 2.45) is 5.41 Å². The van der Waals surface area contributed by atoms with E-state index in [0.29, 0.717) is 12.8 Å². The summed E-state index contributed by atoms with van der Waals surface area (Å²) >= 11 is 0. The summed E-state index contributed by atoms with van der Waals surface area (Å²) < 4.78 is 45.5. The quantitative estimate of drug-likeness (QED) is 0.784. The van der Waals surface area contributed by atoms with Gasteiger partial charge < -0.3 is 15.0 Å². The molecule has 1 aliphatic rings. The molecule has 1 N–H and O–H groups in total. The van der Waals surface area contributed by atoms with Crippen LogP contribution in [0, 0.1) is 5.41 Å². The number of carbonyl (C=O) groups is 1. The van der Waals surface area contributed by atoms with E-state index in [1.807, 2.05) is 13.8 Å². The van der Waals surface area contributed by atoms with Gasteiger partial charge in [-0.05, 0) is 25.8 Å². The number of rotatable bonds is 7. The fourth-order valence-corrected chi connectivity index (χ4v) is 2.88. The van der Waals surface area contributed by atoms with Gasteiger partial charge in [-0.3, -0.25) is 4.79 Å². The van der Waals surface area contributed by atoms with Crippen LogP contribution in [-0.4, -0.2) is 56.4 Å². The molecule has 1 heterocycles. The molecule has 7 heteroatoms. The van der Waals surface area contributed by atoms with Gasteiger partial charge in [0.15, 0.2) is 5.41 Å². The van der Waals surface area contributed by atoms with Crippen molar-refractivity contribution in [1.82, 2.24) is 10.2 Å². The Hall–Kier alpha value is -0.820. The number of hydrogen-bond acceptors (Lipinski definition) is 3. The Morgan fingerprint density at radius 2 is 2.00 bits per heavy atom. The van der Waals surface area contributed by atoms with Gasteiger partial charge in [0.1, 0.15) is 0 Å². The Kier molecular flexibility index (Phi) is 6.46. The minimum Gasteiger partial charge on any atom is -0.383 e. The van der Waals surface area contributed by atoms with Gasteiger partial charge >= 0.3 is 6.18 Å². The first-order chi connectivity index (χ1) is 9.84. The van der Waals surface area contributed by atoms with Crippen LogP contribution in [-0.2, 0) is 9.53 Å². The standard InChI is InChI=1S/C14H25F3N2O2/c1-4-11(5-2)19(8-9-21-3)12(20)13(14(15,16)17)6-7-18-10-13/h11,18H,4-10H2,1-3H3. The van der Waals surface area contributed by atoms with Crippen molar-refractivity contribution in [3.63, 3.8) is 0 Å². The van der Waals surface area contributed by atoms with Crippen molar-refractivity contribution in [3.8, 4) is 0 Å². The summed E-state index contributed by atoms with van der Waals surface area (Å²) in [6.45, 7) is 4.08. The Morgan fingerprint density at radius 1 is 1.38 bits per heavy atom. The van der Waals surface area contributed by atoms with Crippen LogP contribution in [0.2, 0.25) is 0 Å². The molecule has 1 atom stereocenters. The molecule has 1 rings (SSSR count). The first kappa shape index (κ1) is 18.2. The van der Waals surface area contributed by atoms with Crippen molar-refractivity contribution >= 4 is 5.91 Å². The second-order valence-corrected chi connectivity index (χ2v) is 5.47. The van der Waals surface area contributed by atoms with Gasteiger partial charge in [-0.1, -0.05) is 13.8 Å². The van der Waals surface area contributed by atoms with Crippen LogP contribution in [0.15, 0.2) is 0 Å². The topological polar surface area (TPSA) is 41.6 Å². The normalized spacial score (nSPS) is 22.8. The van der Waals surface area contributed by atoms with E-state index in [1.165, 1.54) is 12.0 Å². The van der Waals surface area contributed by atoms with E-state index in [1.54, 1.807) is 0 Å². The van der Waals surface area contributed by atoms with Crippen LogP contribution in [0.4, 0.5) is 13.2 Å². The Morgan fingerprint density at radius 3 is 2.38 bits per heavy atom. The predicted molar refractivity (Wildman–Crippen MR) is 73.9 cm³/mol. The number of hydrogen-bond donors (Lipinski definition) is 1. The molecule has 0 spiro atoms. The van der Waals surface area contributed by atoms with Crippen LogP contribution in [0.3, 0.4) is 0 Å². The van der Waals surface area contributed by atoms with E-state index < -0.39 is 17.5 Å². The third-order valence-electron chi connectivity index (χ3n) is 4.29. The summed E-state index contributed by atoms with van der Waals surface area (Å²) in [5.41, 5.74) is -2.29. The van der Waals surface area contributed by atoms with Gasteiger partial charge in [-0.15, -0.1) is 0 Å². The minimum atomic E-state index is -4.54. The zero-order valence-electron chi connectivity index (χ0n) is 12.9. The van der Waals surface area contributed by atoms with E-state index in [-0.39, 0.29) is 38.7 Å². The van der Waals surface area contributed by atoms with Crippen molar-refractivity contribution in [2.75, 3.05) is 33.4 Å². The zero-order chi connectivity index (χ0) is 16.1. The zero-order valence-corrected chi connectivity index (χ0v) is 12.9. The van der Waals surface area contributed by atoms with Gasteiger partial charge in [-0.25, -0.2) is 0 Å². The summed E-state index contributed by atoms with van der Waals surface area (Å²) in [6, 6.07) is -0.188. The molecule has 0 aromatic rings. The Bertz CT molecular complexity index is 338. The van der Waals surface area contributed by atoms with Gasteiger partial charge in [0.25, 0.3) is 0 Å². The summed E-state index contributed by atoms with van der Waals surface area (Å²) in [7, 11) is 1.48. The molecule has 21 heavy (non-hydrogen) atoms. The van der Waals surface area contributed by atoms with Gasteiger partial charge in [0, 0.05) is 26.2 Å². The van der Waals surface area contributed by atoms with Crippen LogP contribution in [0.1, 0.15) is 33.1 Å². The molecule has 0 aromatic carbocycles. The van der Waals surface area contributed by atoms with Crippen LogP contribution in [0.25, 0.3) is 0 Å². The molecule has 1 amide bonds. The number of alkyl halides is 3. The molecule has 0 saturated carbocycles. The fourth-order valence-electron chi connectivity index (χ4n) is 2.88. The number of carbonyl (C=O) groups excluding carboxylic acids is 1. The Balaban J connectivity index is 3.06. The minimum absolute atomic E-state index is 0.188. The highest BCUT2D eigenvalue weighted by molar-refractivity contribution is 5.84. The lowest BCUT2D eigenvalue weighted by molar-refractivity contribution is -0.223. The van der Waals surface area contributed by atoms with E-state index in [2.05, 4.69) is 5.32 Å². The molecule has 1 unspecified atom stereocenters. The average molecular weight is 310 g/mol. The first-order valence-corrected chi connectivity index (χ1v) is 7.41. The maximum Gasteiger partial charge on any atom is 0.404 e. The lowest BCUT2D eigenvalue weighted by Crippen LogP contribution is -2.56. The number of amides is 1. The maximum atomic E-state index is 13.5. The fraction of sp³-hybridized carbons (Fsp3) is 0.929. The lowest BCUT2D eigenvalue weighted by Gasteiger charge is -2.39. The van der Waals surface area contributed by atoms with Crippen LogP contribution < -0.4 is 5.32 Å². The predicted octanol–water partition coefficient (Wildman–Crippen LogP) is 2.19. The van der Waals surface area contributed by atoms with Crippen molar-refractivity contribution in [2.45, 2.75) is 45.3 Å². The number of nitrogens with zero attached hydrogens (tertiary/aromatic N) is 1. The van der Waals surface area contributed by atoms with Crippen LogP contribution in [0.5, 0.6) is 0 Å². The SMILES string of the molecule is CCC(CC)N(CCOC)C(=O)C1(C(F)(F)F)CCNC1. The van der Waals surface area contributed by atoms with Crippen molar-refractivity contribution in [1.29, 1.82) is 0 Å². The van der Waals surface area contributed by atoms with Gasteiger partial charge in [0.05, 0.1) is 6.61 Å². The molecular formula is C14H25F3N2O2. The highest BCUT2D eigenvalue weighted by Crippen LogP contribution is 2.44. The van der Waals surface area contributed by atoms with E-state index >= 15 is 0 Å². The second-order valence-electron chi connectivity index (χ2n) is 5.47. The van der Waals surface area contributed by atoms with Gasteiger partial charge in [0.2, 0.25) is 5.91 Å². The first-order valence-electron chi connectivity index (χ1n) is 7.41. The molecule has 0 aromatic heterocycles. The molecule has 0 aliphatic carbocycles. The number of ether oxygens (including phenoxy) is 1. The number of halogens is 3. The molecule has 4 nitrogen and oxygen atoms in total. The third-order valence-corrected chi connectivity index (χ3v) is 4.29. The van der Waals surface area contributed by atoms with E-state index in [4.69, 9.17) is 4.74 Å². The molecule has 1 fully saturated rings. The highest BCUT2D eigenvalue weighted by atomic mass is 19.4. The molecular weight excluding hydrogens is 285 g/mol. The summed E-state index contributed by atoms with van der Waals surface area (Å²) in [4.78, 5) is 14.1. The third kappa shape index (κ3) is 3.69. The summed E-state index contributed by atoms with van der Waals surface area (Å²) in [5.74, 6) is -0.814. The Labute approximate surface area is 124 Å². The monoisotopic (exact) mass is 310 g/mol. The number of nitrogens with one attached hydrogen (secondary N) is 1. The molecule has 1 aliphatic heterocycles. The molecule has 124 valence electrons. The van der Waals surface area contributed by atoms with Crippen LogP contribution >= 0.6 is 0 Å². The maximum absolute atomic E-state index is 13.5. The summed E-state index contributed by atoms with van der Waals surface area (Å²) in [6.07, 6.45) is -3.47. The smallest absolute Gasteiger partial charge is 0.383 e. The molecule has 0 bridgehead atoms. The lowest BCUT2D eigenvalue weighted by atomic mass is 9.83. The summed E-state index contributed by atoms with van der Waals surface area (Å²) in [5, 5.41) is 2.69. The molecule has 0 radical (unpaired) electrons. The average Bonchev–Trinajstić information content (AvgIpc) is 2.93. The van der Waals surface area contributed by atoms with Crippen molar-refractivity contribution in [3.05, 3.63) is 0 Å². The van der Waals surface area contributed by atoms with E-state index in [0.717, 1.165) is 0 Å². The van der Waals surface area contributed by atoms with Crippen molar-refractivity contribution < 1.29 is 22.7 Å². The van der Waals surface area contributed by atoms with Gasteiger partial charge in [-0.2, -0.15) is 13.2 Å². The second kappa shape index (κ2) is 7.45. The largest absolute Gasteiger partial charge is 0.404 e. The highest BCUT2D eigenvalue weighted by Gasteiger charge is 2.62.